The highest BCUT2D eigenvalue weighted by molar-refractivity contribution is 5.67. The van der Waals surface area contributed by atoms with E-state index in [4.69, 9.17) is 0 Å². The minimum Gasteiger partial charge on any atom is -0.507 e. The van der Waals surface area contributed by atoms with Gasteiger partial charge in [0.2, 0.25) is 0 Å². The van der Waals surface area contributed by atoms with Crippen LogP contribution >= 0.6 is 0 Å². The molecule has 1 aromatic carbocycles. The van der Waals surface area contributed by atoms with Crippen LogP contribution in [0.1, 0.15) is 27.2 Å². The number of phenols is 1. The minimum absolute atomic E-state index is 0.0861. The molecule has 0 aliphatic carbocycles. The molecule has 0 spiro atoms. The smallest absolute Gasteiger partial charge is 0.151 e. The number of aromatic nitrogens is 2. The van der Waals surface area contributed by atoms with E-state index in [-0.39, 0.29) is 16.9 Å². The van der Waals surface area contributed by atoms with Crippen molar-refractivity contribution in [2.24, 2.45) is 5.92 Å². The summed E-state index contributed by atoms with van der Waals surface area (Å²) < 4.78 is 14.0. The second-order valence-electron chi connectivity index (χ2n) is 7.74. The average Bonchev–Trinajstić information content (AvgIpc) is 2.60. The van der Waals surface area contributed by atoms with Gasteiger partial charge in [-0.1, -0.05) is 13.0 Å². The number of likely N-dealkylation sites (tertiary alicyclic amines) is 1. The number of rotatable bonds is 3. The molecule has 1 aliphatic heterocycles. The van der Waals surface area contributed by atoms with E-state index < -0.39 is 5.82 Å². The Morgan fingerprint density at radius 1 is 1.23 bits per heavy atom. The van der Waals surface area contributed by atoms with Crippen molar-refractivity contribution in [3.05, 3.63) is 36.1 Å². The minimum atomic E-state index is -0.508. The normalized spacial score (nSPS) is 23.0. The van der Waals surface area contributed by atoms with Gasteiger partial charge in [-0.3, -0.25) is 0 Å². The first kappa shape index (κ1) is 18.6. The first-order valence-corrected chi connectivity index (χ1v) is 8.99. The summed E-state index contributed by atoms with van der Waals surface area (Å²) in [6.45, 7) is 7.85. The lowest BCUT2D eigenvalue weighted by atomic mass is 9.77. The maximum Gasteiger partial charge on any atom is 0.151 e. The van der Waals surface area contributed by atoms with Crippen LogP contribution in [0.25, 0.3) is 11.3 Å². The fourth-order valence-electron chi connectivity index (χ4n) is 3.79. The molecule has 5 nitrogen and oxygen atoms in total. The Balaban J connectivity index is 1.85. The van der Waals surface area contributed by atoms with Crippen LogP contribution in [0.15, 0.2) is 30.3 Å². The van der Waals surface area contributed by atoms with Crippen molar-refractivity contribution in [2.45, 2.75) is 38.8 Å². The molecular weight excluding hydrogens is 331 g/mol. The third kappa shape index (κ3) is 3.14. The van der Waals surface area contributed by atoms with Crippen LogP contribution in [-0.2, 0) is 0 Å². The summed E-state index contributed by atoms with van der Waals surface area (Å²) in [4.78, 5) is 4.56. The lowest BCUT2D eigenvalue weighted by molar-refractivity contribution is 0.0391. The van der Waals surface area contributed by atoms with Gasteiger partial charge in [0, 0.05) is 25.2 Å². The number of hydrogen-bond acceptors (Lipinski definition) is 5. The number of phenolic OH excluding ortho intramolecular Hbond substituents is 1. The summed E-state index contributed by atoms with van der Waals surface area (Å²) in [6.07, 6.45) is 1.05. The van der Waals surface area contributed by atoms with E-state index in [0.29, 0.717) is 17.7 Å². The molecule has 0 saturated carbocycles. The van der Waals surface area contributed by atoms with Gasteiger partial charge < -0.3 is 14.9 Å². The van der Waals surface area contributed by atoms with Crippen LogP contribution in [0.4, 0.5) is 10.2 Å². The van der Waals surface area contributed by atoms with Crippen LogP contribution < -0.4 is 4.90 Å². The number of nitrogens with zero attached hydrogens (tertiary/aromatic N) is 4. The molecule has 3 rings (SSSR count). The molecule has 140 valence electrons. The molecule has 2 aromatic rings. The summed E-state index contributed by atoms with van der Waals surface area (Å²) in [7, 11) is 4.20. The van der Waals surface area contributed by atoms with Crippen LogP contribution in [0.3, 0.4) is 0 Å². The molecular formula is C20H27FN4O. The van der Waals surface area contributed by atoms with E-state index in [1.54, 1.807) is 6.07 Å². The van der Waals surface area contributed by atoms with Crippen molar-refractivity contribution in [1.82, 2.24) is 15.1 Å². The zero-order valence-corrected chi connectivity index (χ0v) is 16.1. The van der Waals surface area contributed by atoms with Gasteiger partial charge >= 0.3 is 0 Å². The lowest BCUT2D eigenvalue weighted by Crippen LogP contribution is -2.59. The van der Waals surface area contributed by atoms with Gasteiger partial charge in [-0.2, -0.15) is 0 Å². The van der Waals surface area contributed by atoms with Crippen molar-refractivity contribution in [3.63, 3.8) is 0 Å². The van der Waals surface area contributed by atoms with Gasteiger partial charge in [-0.15, -0.1) is 10.2 Å². The van der Waals surface area contributed by atoms with Gasteiger partial charge in [0.15, 0.2) is 5.82 Å². The number of piperidine rings is 1. The molecule has 1 fully saturated rings. The Morgan fingerprint density at radius 2 is 1.96 bits per heavy atom. The second-order valence-corrected chi connectivity index (χ2v) is 7.74. The second kappa shape index (κ2) is 6.83. The Labute approximate surface area is 154 Å². The molecule has 6 heteroatoms. The topological polar surface area (TPSA) is 52.5 Å². The van der Waals surface area contributed by atoms with Crippen LogP contribution in [-0.4, -0.2) is 52.4 Å². The van der Waals surface area contributed by atoms with Gasteiger partial charge in [0.1, 0.15) is 11.6 Å². The predicted octanol–water partition coefficient (Wildman–Crippen LogP) is 3.54. The van der Waals surface area contributed by atoms with Crippen molar-refractivity contribution in [2.75, 3.05) is 25.5 Å². The van der Waals surface area contributed by atoms with Crippen LogP contribution in [0.5, 0.6) is 5.75 Å². The van der Waals surface area contributed by atoms with Gasteiger partial charge in [0.25, 0.3) is 0 Å². The summed E-state index contributed by atoms with van der Waals surface area (Å²) in [5, 5.41) is 18.4. The molecule has 0 radical (unpaired) electrons. The first-order chi connectivity index (χ1) is 12.2. The fraction of sp³-hybridized carbons (Fsp3) is 0.500. The Morgan fingerprint density at radius 3 is 2.58 bits per heavy atom. The molecule has 0 bridgehead atoms. The molecule has 1 saturated heterocycles. The van der Waals surface area contributed by atoms with Gasteiger partial charge in [-0.05, 0) is 57.5 Å². The maximum atomic E-state index is 14.0. The van der Waals surface area contributed by atoms with Crippen molar-refractivity contribution >= 4 is 5.82 Å². The molecule has 1 aromatic heterocycles. The van der Waals surface area contributed by atoms with E-state index in [1.165, 1.54) is 18.2 Å². The highest BCUT2D eigenvalue weighted by Gasteiger charge is 2.41. The summed E-state index contributed by atoms with van der Waals surface area (Å²) in [6, 6.07) is 8.12. The first-order valence-electron chi connectivity index (χ1n) is 8.99. The molecule has 0 amide bonds. The van der Waals surface area contributed by atoms with Crippen molar-refractivity contribution in [1.29, 1.82) is 0 Å². The number of aromatic hydroxyl groups is 1. The Kier molecular flexibility index (Phi) is 4.88. The lowest BCUT2D eigenvalue weighted by Gasteiger charge is -2.51. The van der Waals surface area contributed by atoms with Gasteiger partial charge in [-0.25, -0.2) is 4.39 Å². The van der Waals surface area contributed by atoms with Crippen molar-refractivity contribution in [3.8, 4) is 17.0 Å². The highest BCUT2D eigenvalue weighted by Crippen LogP contribution is 2.36. The Bertz CT molecular complexity index is 758. The maximum absolute atomic E-state index is 14.0. The molecule has 1 aliphatic rings. The van der Waals surface area contributed by atoms with E-state index in [1.807, 2.05) is 13.1 Å². The molecule has 2 atom stereocenters. The molecule has 1 N–H and O–H groups in total. The van der Waals surface area contributed by atoms with E-state index in [9.17, 15) is 9.50 Å². The van der Waals surface area contributed by atoms with Crippen LogP contribution in [0.2, 0.25) is 0 Å². The van der Waals surface area contributed by atoms with Gasteiger partial charge in [0.05, 0.1) is 11.3 Å². The SMILES string of the molecule is CC1C(N(C)c2ccc(-c3c(O)cccc3F)nn2)CCN(C)C1(C)C. The number of halogens is 1. The third-order valence-electron chi connectivity index (χ3n) is 6.19. The average molecular weight is 358 g/mol. The van der Waals surface area contributed by atoms with Crippen LogP contribution in [0, 0.1) is 11.7 Å². The molecule has 26 heavy (non-hydrogen) atoms. The number of anilines is 1. The van der Waals surface area contributed by atoms with E-state index in [0.717, 1.165) is 18.8 Å². The highest BCUT2D eigenvalue weighted by atomic mass is 19.1. The monoisotopic (exact) mass is 358 g/mol. The fourth-order valence-corrected chi connectivity index (χ4v) is 3.79. The number of benzene rings is 1. The quantitative estimate of drug-likeness (QED) is 0.909. The zero-order chi connectivity index (χ0) is 19.1. The number of hydrogen-bond donors (Lipinski definition) is 1. The summed E-state index contributed by atoms with van der Waals surface area (Å²) in [5.74, 6) is 0.558. The predicted molar refractivity (Wildman–Crippen MR) is 102 cm³/mol. The molecule has 2 heterocycles. The Hall–Kier alpha value is -2.21. The third-order valence-corrected chi connectivity index (χ3v) is 6.19. The standard InChI is InChI=1S/C20H27FN4O/c1-13-16(11-12-24(4)20(13,2)3)25(5)18-10-9-15(22-23-18)19-14(21)7-6-8-17(19)26/h6-10,13,16,26H,11-12H2,1-5H3. The summed E-state index contributed by atoms with van der Waals surface area (Å²) in [5.41, 5.74) is 0.515. The summed E-state index contributed by atoms with van der Waals surface area (Å²) >= 11 is 0. The largest absolute Gasteiger partial charge is 0.507 e. The van der Waals surface area contributed by atoms with E-state index in [2.05, 4.69) is 47.8 Å². The van der Waals surface area contributed by atoms with Crippen molar-refractivity contribution < 1.29 is 9.50 Å². The zero-order valence-electron chi connectivity index (χ0n) is 16.1. The van der Waals surface area contributed by atoms with E-state index >= 15 is 0 Å². The molecule has 2 unspecified atom stereocenters.